The van der Waals surface area contributed by atoms with Gasteiger partial charge in [0.15, 0.2) is 6.30 Å². The molecule has 1 heterocycles. The fourth-order valence-electron chi connectivity index (χ4n) is 2.71. The first-order valence-corrected chi connectivity index (χ1v) is 7.80. The largest absolute Gasteiger partial charge is 0.480 e. The summed E-state index contributed by atoms with van der Waals surface area (Å²) in [6.45, 7) is 4.61. The van der Waals surface area contributed by atoms with Gasteiger partial charge in [-0.15, -0.1) is 0 Å². The molecule has 1 aliphatic rings. The predicted octanol–water partition coefficient (Wildman–Crippen LogP) is 3.21. The van der Waals surface area contributed by atoms with Crippen LogP contribution in [0.1, 0.15) is 58.8 Å². The summed E-state index contributed by atoms with van der Waals surface area (Å²) in [6.07, 6.45) is 6.19. The number of ether oxygens (including phenoxy) is 1. The fourth-order valence-corrected chi connectivity index (χ4v) is 2.71. The summed E-state index contributed by atoms with van der Waals surface area (Å²) < 4.78 is 19.1. The van der Waals surface area contributed by atoms with Crippen molar-refractivity contribution in [2.75, 3.05) is 13.2 Å². The van der Waals surface area contributed by atoms with Crippen LogP contribution in [0.25, 0.3) is 0 Å². The predicted molar refractivity (Wildman–Crippen MR) is 76.4 cm³/mol. The van der Waals surface area contributed by atoms with Crippen LogP contribution in [0, 0.1) is 0 Å². The number of carbonyl (C=O) groups is 1. The van der Waals surface area contributed by atoms with E-state index in [0.717, 1.165) is 12.8 Å². The Balaban J connectivity index is 2.17. The van der Waals surface area contributed by atoms with Crippen molar-refractivity contribution in [1.82, 2.24) is 4.90 Å². The van der Waals surface area contributed by atoms with Crippen LogP contribution in [0.2, 0.25) is 0 Å². The van der Waals surface area contributed by atoms with Gasteiger partial charge in [0.05, 0.1) is 6.10 Å². The Labute approximate surface area is 121 Å². The van der Waals surface area contributed by atoms with Crippen LogP contribution in [0.5, 0.6) is 0 Å². The molecule has 0 saturated carbocycles. The van der Waals surface area contributed by atoms with Crippen molar-refractivity contribution in [2.45, 2.75) is 77.2 Å². The quantitative estimate of drug-likeness (QED) is 0.495. The molecule has 0 spiro atoms. The maximum Gasteiger partial charge on any atom is 0.321 e. The monoisotopic (exact) mass is 289 g/mol. The van der Waals surface area contributed by atoms with E-state index >= 15 is 0 Å². The summed E-state index contributed by atoms with van der Waals surface area (Å²) in [5, 5.41) is 9.08. The van der Waals surface area contributed by atoms with Gasteiger partial charge in [0.25, 0.3) is 0 Å². The zero-order valence-electron chi connectivity index (χ0n) is 12.7. The van der Waals surface area contributed by atoms with Crippen LogP contribution in [-0.4, -0.2) is 47.6 Å². The number of aliphatic carboxylic acids is 1. The molecule has 0 aliphatic carbocycles. The van der Waals surface area contributed by atoms with Gasteiger partial charge in [0.1, 0.15) is 6.04 Å². The molecule has 0 radical (unpaired) electrons. The third kappa shape index (κ3) is 5.75. The molecule has 0 amide bonds. The van der Waals surface area contributed by atoms with Gasteiger partial charge in [0.2, 0.25) is 0 Å². The second-order valence-corrected chi connectivity index (χ2v) is 5.62. The lowest BCUT2D eigenvalue weighted by atomic mass is 10.1. The highest BCUT2D eigenvalue weighted by Crippen LogP contribution is 2.23. The number of rotatable bonds is 10. The number of likely N-dealkylation sites (tertiary alicyclic amines) is 1. The van der Waals surface area contributed by atoms with E-state index in [-0.39, 0.29) is 6.10 Å². The van der Waals surface area contributed by atoms with E-state index in [4.69, 9.17) is 9.84 Å². The van der Waals surface area contributed by atoms with Crippen molar-refractivity contribution >= 4 is 5.97 Å². The highest BCUT2D eigenvalue weighted by Gasteiger charge is 2.39. The van der Waals surface area contributed by atoms with E-state index in [9.17, 15) is 9.18 Å². The lowest BCUT2D eigenvalue weighted by molar-refractivity contribution is -0.144. The lowest BCUT2D eigenvalue weighted by Crippen LogP contribution is -2.40. The summed E-state index contributed by atoms with van der Waals surface area (Å²) in [5.41, 5.74) is 0. The Morgan fingerprint density at radius 2 is 2.00 bits per heavy atom. The van der Waals surface area contributed by atoms with Crippen LogP contribution < -0.4 is 0 Å². The van der Waals surface area contributed by atoms with E-state index in [1.165, 1.54) is 37.5 Å². The Morgan fingerprint density at radius 3 is 2.55 bits per heavy atom. The van der Waals surface area contributed by atoms with Crippen LogP contribution in [0.15, 0.2) is 0 Å². The van der Waals surface area contributed by atoms with Crippen LogP contribution in [0.4, 0.5) is 4.39 Å². The molecule has 1 rings (SSSR count). The van der Waals surface area contributed by atoms with E-state index in [0.29, 0.717) is 19.6 Å². The molecule has 1 saturated heterocycles. The van der Waals surface area contributed by atoms with Crippen molar-refractivity contribution in [1.29, 1.82) is 0 Å². The number of hydrogen-bond donors (Lipinski definition) is 1. The number of nitrogens with zero attached hydrogens (tertiary/aromatic N) is 1. The number of halogens is 1. The van der Waals surface area contributed by atoms with Crippen molar-refractivity contribution in [3.8, 4) is 0 Å². The highest BCUT2D eigenvalue weighted by atomic mass is 19.1. The Hall–Kier alpha value is -0.680. The number of hydrogen-bond acceptors (Lipinski definition) is 3. The van der Waals surface area contributed by atoms with E-state index in [1.807, 2.05) is 0 Å². The molecule has 1 unspecified atom stereocenters. The average molecular weight is 289 g/mol. The van der Waals surface area contributed by atoms with Gasteiger partial charge in [-0.05, 0) is 13.3 Å². The maximum atomic E-state index is 13.4. The Bertz CT molecular complexity index is 286. The van der Waals surface area contributed by atoms with Gasteiger partial charge in [-0.25, -0.2) is 4.39 Å². The number of unbranched alkanes of at least 4 members (excludes halogenated alkanes) is 5. The molecule has 4 nitrogen and oxygen atoms in total. The minimum atomic E-state index is -1.24. The van der Waals surface area contributed by atoms with E-state index < -0.39 is 18.3 Å². The third-order valence-electron chi connectivity index (χ3n) is 3.89. The molecule has 0 aromatic heterocycles. The molecule has 1 N–H and O–H groups in total. The van der Waals surface area contributed by atoms with Gasteiger partial charge in [-0.3, -0.25) is 9.69 Å². The first kappa shape index (κ1) is 17.4. The molecule has 0 aromatic rings. The molecule has 1 aliphatic heterocycles. The second-order valence-electron chi connectivity index (χ2n) is 5.62. The molecule has 5 heteroatoms. The first-order valence-electron chi connectivity index (χ1n) is 7.80. The Kier molecular flexibility index (Phi) is 8.07. The Morgan fingerprint density at radius 1 is 1.35 bits per heavy atom. The van der Waals surface area contributed by atoms with Crippen molar-refractivity contribution in [2.24, 2.45) is 0 Å². The molecule has 0 bridgehead atoms. The molecule has 0 aromatic carbocycles. The van der Waals surface area contributed by atoms with Gasteiger partial charge in [-0.1, -0.05) is 39.0 Å². The normalized spacial score (nSPS) is 24.9. The molecular weight excluding hydrogens is 261 g/mol. The highest BCUT2D eigenvalue weighted by molar-refractivity contribution is 5.74. The summed E-state index contributed by atoms with van der Waals surface area (Å²) in [6, 6.07) is -0.746. The van der Waals surface area contributed by atoms with Crippen LogP contribution >= 0.6 is 0 Å². The van der Waals surface area contributed by atoms with Gasteiger partial charge >= 0.3 is 5.97 Å². The van der Waals surface area contributed by atoms with Gasteiger partial charge in [-0.2, -0.15) is 0 Å². The lowest BCUT2D eigenvalue weighted by Gasteiger charge is -2.21. The topological polar surface area (TPSA) is 49.8 Å². The minimum Gasteiger partial charge on any atom is -0.480 e. The maximum absolute atomic E-state index is 13.4. The van der Waals surface area contributed by atoms with E-state index in [1.54, 1.807) is 0 Å². The summed E-state index contributed by atoms with van der Waals surface area (Å²) in [7, 11) is 0. The molecular formula is C15H28FNO3. The van der Waals surface area contributed by atoms with Crippen molar-refractivity contribution in [3.05, 3.63) is 0 Å². The fraction of sp³-hybridized carbons (Fsp3) is 0.933. The SMILES string of the molecule is CCCCCCCCO[C@@H]1CC(C(=O)O)N([C@H](C)F)C1. The summed E-state index contributed by atoms with van der Waals surface area (Å²) >= 11 is 0. The van der Waals surface area contributed by atoms with Crippen molar-refractivity contribution in [3.63, 3.8) is 0 Å². The molecule has 118 valence electrons. The zero-order chi connectivity index (χ0) is 15.0. The molecule has 1 fully saturated rings. The standard InChI is InChI=1S/C15H28FNO3/c1-3-4-5-6-7-8-9-20-13-10-14(15(18)19)17(11-13)12(2)16/h12-14H,3-11H2,1-2H3,(H,18,19)/t12-,13-,14?/m1/s1. The van der Waals surface area contributed by atoms with Gasteiger partial charge in [0, 0.05) is 19.6 Å². The van der Waals surface area contributed by atoms with Crippen LogP contribution in [-0.2, 0) is 9.53 Å². The third-order valence-corrected chi connectivity index (χ3v) is 3.89. The smallest absolute Gasteiger partial charge is 0.321 e. The second kappa shape index (κ2) is 9.29. The number of alkyl halides is 1. The van der Waals surface area contributed by atoms with E-state index in [2.05, 4.69) is 6.92 Å². The minimum absolute atomic E-state index is 0.148. The first-order chi connectivity index (χ1) is 9.56. The zero-order valence-corrected chi connectivity index (χ0v) is 12.7. The molecule has 3 atom stereocenters. The van der Waals surface area contributed by atoms with Crippen LogP contribution in [0.3, 0.4) is 0 Å². The van der Waals surface area contributed by atoms with Gasteiger partial charge < -0.3 is 9.84 Å². The number of carboxylic acid groups (broad SMARTS) is 1. The summed E-state index contributed by atoms with van der Waals surface area (Å²) in [4.78, 5) is 12.4. The number of carboxylic acids is 1. The average Bonchev–Trinajstić information content (AvgIpc) is 2.82. The van der Waals surface area contributed by atoms with Crippen molar-refractivity contribution < 1.29 is 19.0 Å². The summed E-state index contributed by atoms with van der Waals surface area (Å²) in [5.74, 6) is -0.958. The molecule has 20 heavy (non-hydrogen) atoms.